The van der Waals surface area contributed by atoms with Crippen LogP contribution in [0.15, 0.2) is 18.2 Å². The van der Waals surface area contributed by atoms with Crippen LogP contribution in [0, 0.1) is 17.0 Å². The number of carboxylic acid groups (broad SMARTS) is 1. The molecule has 0 aliphatic carbocycles. The quantitative estimate of drug-likeness (QED) is 0.453. The second-order valence-electron chi connectivity index (χ2n) is 4.28. The first-order valence-corrected chi connectivity index (χ1v) is 6.02. The Morgan fingerprint density at radius 3 is 2.62 bits per heavy atom. The number of aliphatic hydroxyl groups is 1. The number of carboxylic acids is 1. The zero-order valence-corrected chi connectivity index (χ0v) is 11.2. The molecule has 9 heteroatoms. The number of nitro groups is 1. The molecule has 1 aromatic rings. The number of amides is 2. The van der Waals surface area contributed by atoms with Crippen molar-refractivity contribution in [2.24, 2.45) is 0 Å². The molecule has 9 nitrogen and oxygen atoms in total. The first-order valence-electron chi connectivity index (χ1n) is 6.02. The lowest BCUT2D eigenvalue weighted by atomic mass is 10.2. The fourth-order valence-electron chi connectivity index (χ4n) is 1.56. The van der Waals surface area contributed by atoms with Crippen LogP contribution in [0.4, 0.5) is 16.2 Å². The molecule has 0 spiro atoms. The summed E-state index contributed by atoms with van der Waals surface area (Å²) in [5, 5.41) is 32.9. The lowest BCUT2D eigenvalue weighted by Gasteiger charge is -2.09. The van der Waals surface area contributed by atoms with E-state index >= 15 is 0 Å². The smallest absolute Gasteiger partial charge is 0.332 e. The predicted molar refractivity (Wildman–Crippen MR) is 73.1 cm³/mol. The lowest BCUT2D eigenvalue weighted by molar-refractivity contribution is -0.385. The molecule has 2 amide bonds. The summed E-state index contributed by atoms with van der Waals surface area (Å²) in [6.45, 7) is 1.52. The van der Waals surface area contributed by atoms with Crippen LogP contribution in [0.5, 0.6) is 0 Å². The maximum absolute atomic E-state index is 11.5. The maximum atomic E-state index is 11.5. The van der Waals surface area contributed by atoms with E-state index in [1.807, 2.05) is 0 Å². The maximum Gasteiger partial charge on any atom is 0.332 e. The number of aliphatic hydroxyl groups excluding tert-OH is 1. The first-order chi connectivity index (χ1) is 9.81. The molecule has 1 rings (SSSR count). The van der Waals surface area contributed by atoms with Gasteiger partial charge in [-0.15, -0.1) is 0 Å². The fourth-order valence-corrected chi connectivity index (χ4v) is 1.56. The third kappa shape index (κ3) is 5.07. The summed E-state index contributed by atoms with van der Waals surface area (Å²) >= 11 is 0. The summed E-state index contributed by atoms with van der Waals surface area (Å²) in [6, 6.07) is 3.51. The molecule has 1 aromatic carbocycles. The minimum Gasteiger partial charge on any atom is -0.479 e. The SMILES string of the molecule is Cc1cc(NC(=O)NCC[C@H](O)C(=O)O)ccc1[N+](=O)[O-]. The standard InChI is InChI=1S/C12H15N3O6/c1-7-6-8(2-3-9(7)15(20)21)14-12(19)13-5-4-10(16)11(17)18/h2-3,6,10,16H,4-5H2,1H3,(H,17,18)(H2,13,14,19)/t10-/m0/s1. The number of nitrogens with zero attached hydrogens (tertiary/aromatic N) is 1. The minimum absolute atomic E-state index is 0.0226. The van der Waals surface area contributed by atoms with Gasteiger partial charge >= 0.3 is 12.0 Å². The van der Waals surface area contributed by atoms with Crippen LogP contribution >= 0.6 is 0 Å². The van der Waals surface area contributed by atoms with Crippen molar-refractivity contribution in [3.05, 3.63) is 33.9 Å². The van der Waals surface area contributed by atoms with Crippen LogP contribution in [-0.2, 0) is 4.79 Å². The van der Waals surface area contributed by atoms with Gasteiger partial charge in [0, 0.05) is 30.3 Å². The number of benzene rings is 1. The molecule has 0 saturated heterocycles. The molecular formula is C12H15N3O6. The number of nitro benzene ring substituents is 1. The molecule has 0 aliphatic rings. The van der Waals surface area contributed by atoms with E-state index in [4.69, 9.17) is 10.2 Å². The third-order valence-electron chi connectivity index (χ3n) is 2.64. The van der Waals surface area contributed by atoms with E-state index in [-0.39, 0.29) is 18.7 Å². The van der Waals surface area contributed by atoms with Crippen LogP contribution in [0.2, 0.25) is 0 Å². The number of hydrogen-bond donors (Lipinski definition) is 4. The van der Waals surface area contributed by atoms with Gasteiger partial charge in [0.05, 0.1) is 4.92 Å². The van der Waals surface area contributed by atoms with Gasteiger partial charge in [-0.05, 0) is 19.1 Å². The predicted octanol–water partition coefficient (Wildman–Crippen LogP) is 0.860. The summed E-state index contributed by atoms with van der Waals surface area (Å²) < 4.78 is 0. The van der Waals surface area contributed by atoms with Gasteiger partial charge < -0.3 is 20.8 Å². The average Bonchev–Trinajstić information content (AvgIpc) is 2.37. The van der Waals surface area contributed by atoms with Crippen LogP contribution in [0.3, 0.4) is 0 Å². The number of hydrogen-bond acceptors (Lipinski definition) is 5. The molecule has 0 unspecified atom stereocenters. The minimum atomic E-state index is -1.54. The fraction of sp³-hybridized carbons (Fsp3) is 0.333. The average molecular weight is 297 g/mol. The number of aryl methyl sites for hydroxylation is 1. The van der Waals surface area contributed by atoms with Crippen molar-refractivity contribution in [3.8, 4) is 0 Å². The second kappa shape index (κ2) is 7.20. The zero-order chi connectivity index (χ0) is 16.0. The van der Waals surface area contributed by atoms with Crippen molar-refractivity contribution < 1.29 is 24.7 Å². The van der Waals surface area contributed by atoms with Gasteiger partial charge in [0.1, 0.15) is 0 Å². The number of carbonyl (C=O) groups is 2. The van der Waals surface area contributed by atoms with Crippen molar-refractivity contribution in [1.29, 1.82) is 0 Å². The zero-order valence-electron chi connectivity index (χ0n) is 11.2. The number of urea groups is 1. The number of anilines is 1. The van der Waals surface area contributed by atoms with Crippen LogP contribution < -0.4 is 10.6 Å². The Morgan fingerprint density at radius 2 is 2.10 bits per heavy atom. The molecule has 0 heterocycles. The van der Waals surface area contributed by atoms with Crippen molar-refractivity contribution >= 4 is 23.4 Å². The van der Waals surface area contributed by atoms with Gasteiger partial charge in [-0.1, -0.05) is 0 Å². The molecule has 4 N–H and O–H groups in total. The molecule has 0 radical (unpaired) electrons. The summed E-state index contributed by atoms with van der Waals surface area (Å²) in [5.74, 6) is -1.36. The Labute approximate surface area is 119 Å². The molecular weight excluding hydrogens is 282 g/mol. The number of rotatable bonds is 6. The molecule has 114 valence electrons. The summed E-state index contributed by atoms with van der Waals surface area (Å²) in [7, 11) is 0. The molecule has 0 aromatic heterocycles. The van der Waals surface area contributed by atoms with Crippen LogP contribution in [0.1, 0.15) is 12.0 Å². The van der Waals surface area contributed by atoms with Gasteiger partial charge in [-0.3, -0.25) is 10.1 Å². The number of aliphatic carboxylic acids is 1. The Hall–Kier alpha value is -2.68. The monoisotopic (exact) mass is 297 g/mol. The summed E-state index contributed by atoms with van der Waals surface area (Å²) in [6.07, 6.45) is -1.66. The highest BCUT2D eigenvalue weighted by molar-refractivity contribution is 5.89. The second-order valence-corrected chi connectivity index (χ2v) is 4.28. The van der Waals surface area contributed by atoms with Crippen molar-refractivity contribution in [2.75, 3.05) is 11.9 Å². The Balaban J connectivity index is 2.50. The molecule has 0 bridgehead atoms. The van der Waals surface area contributed by atoms with Gasteiger partial charge in [-0.25, -0.2) is 9.59 Å². The molecule has 1 atom stereocenters. The highest BCUT2D eigenvalue weighted by atomic mass is 16.6. The van der Waals surface area contributed by atoms with Gasteiger partial charge in [0.2, 0.25) is 0 Å². The molecule has 0 fully saturated rings. The largest absolute Gasteiger partial charge is 0.479 e. The summed E-state index contributed by atoms with van der Waals surface area (Å²) in [5.41, 5.74) is 0.721. The molecule has 0 aliphatic heterocycles. The van der Waals surface area contributed by atoms with E-state index in [0.717, 1.165) is 0 Å². The Kier molecular flexibility index (Phi) is 5.61. The van der Waals surface area contributed by atoms with Crippen molar-refractivity contribution in [1.82, 2.24) is 5.32 Å². The molecule has 21 heavy (non-hydrogen) atoms. The van der Waals surface area contributed by atoms with Crippen molar-refractivity contribution in [3.63, 3.8) is 0 Å². The van der Waals surface area contributed by atoms with E-state index in [2.05, 4.69) is 10.6 Å². The highest BCUT2D eigenvalue weighted by Gasteiger charge is 2.14. The van der Waals surface area contributed by atoms with Crippen LogP contribution in [0.25, 0.3) is 0 Å². The van der Waals surface area contributed by atoms with Crippen LogP contribution in [-0.4, -0.2) is 39.8 Å². The highest BCUT2D eigenvalue weighted by Crippen LogP contribution is 2.21. The van der Waals surface area contributed by atoms with E-state index in [1.54, 1.807) is 6.92 Å². The summed E-state index contributed by atoms with van der Waals surface area (Å²) in [4.78, 5) is 32.0. The topological polar surface area (TPSA) is 142 Å². The Bertz CT molecular complexity index is 560. The van der Waals surface area contributed by atoms with E-state index in [1.165, 1.54) is 18.2 Å². The lowest BCUT2D eigenvalue weighted by Crippen LogP contribution is -2.33. The van der Waals surface area contributed by atoms with Gasteiger partial charge in [-0.2, -0.15) is 0 Å². The number of carbonyl (C=O) groups excluding carboxylic acids is 1. The van der Waals surface area contributed by atoms with Gasteiger partial charge in [0.25, 0.3) is 5.69 Å². The molecule has 0 saturated carbocycles. The van der Waals surface area contributed by atoms with E-state index < -0.39 is 23.0 Å². The Morgan fingerprint density at radius 1 is 1.43 bits per heavy atom. The number of nitrogens with one attached hydrogen (secondary N) is 2. The van der Waals surface area contributed by atoms with E-state index in [0.29, 0.717) is 11.3 Å². The van der Waals surface area contributed by atoms with Gasteiger partial charge in [0.15, 0.2) is 6.10 Å². The first kappa shape index (κ1) is 16.4. The normalized spacial score (nSPS) is 11.5. The third-order valence-corrected chi connectivity index (χ3v) is 2.64. The van der Waals surface area contributed by atoms with Crippen molar-refractivity contribution in [2.45, 2.75) is 19.4 Å². The van der Waals surface area contributed by atoms with E-state index in [9.17, 15) is 19.7 Å².